The van der Waals surface area contributed by atoms with Crippen molar-refractivity contribution in [2.24, 2.45) is 0 Å². The molecule has 0 bridgehead atoms. The molecule has 1 aliphatic rings. The molecule has 1 rings (SSSR count). The second-order valence-corrected chi connectivity index (χ2v) is 4.12. The molecule has 0 radical (unpaired) electrons. The van der Waals surface area contributed by atoms with Crippen LogP contribution in [0.2, 0.25) is 0 Å². The number of esters is 1. The zero-order valence-corrected chi connectivity index (χ0v) is 10.1. The van der Waals surface area contributed by atoms with Gasteiger partial charge in [0.05, 0.1) is 19.3 Å². The molecule has 0 aromatic heterocycles. The number of hydrogen-bond donors (Lipinski definition) is 4. The molecule has 0 saturated carbocycles. The van der Waals surface area contributed by atoms with E-state index in [9.17, 15) is 20.1 Å². The van der Waals surface area contributed by atoms with E-state index in [1.165, 1.54) is 0 Å². The number of aliphatic hydroxyl groups is 4. The first-order valence-electron chi connectivity index (χ1n) is 5.57. The van der Waals surface area contributed by atoms with Crippen LogP contribution in [0.5, 0.6) is 0 Å². The predicted octanol–water partition coefficient (Wildman–Crippen LogP) is -1.70. The van der Waals surface area contributed by atoms with Gasteiger partial charge in [0, 0.05) is 12.0 Å². The minimum Gasteiger partial charge on any atom is -0.463 e. The second kappa shape index (κ2) is 5.77. The highest BCUT2D eigenvalue weighted by molar-refractivity contribution is 5.87. The molecule has 0 aromatic rings. The summed E-state index contributed by atoms with van der Waals surface area (Å²) in [5.41, 5.74) is 0.0512. The maximum atomic E-state index is 11.3. The van der Waals surface area contributed by atoms with Crippen molar-refractivity contribution in [3.63, 3.8) is 0 Å². The molecule has 0 aliphatic carbocycles. The molecule has 0 aromatic carbocycles. The van der Waals surface area contributed by atoms with E-state index in [-0.39, 0.29) is 18.6 Å². The topological polar surface area (TPSA) is 116 Å². The van der Waals surface area contributed by atoms with E-state index in [0.717, 1.165) is 0 Å². The van der Waals surface area contributed by atoms with Crippen molar-refractivity contribution in [3.05, 3.63) is 12.2 Å². The summed E-state index contributed by atoms with van der Waals surface area (Å²) in [7, 11) is 0. The Balaban J connectivity index is 2.64. The van der Waals surface area contributed by atoms with Crippen molar-refractivity contribution in [2.45, 2.75) is 37.4 Å². The van der Waals surface area contributed by atoms with Gasteiger partial charge in [-0.05, 0) is 6.92 Å². The van der Waals surface area contributed by atoms with E-state index in [4.69, 9.17) is 14.6 Å². The smallest absolute Gasteiger partial charge is 0.333 e. The van der Waals surface area contributed by atoms with Crippen LogP contribution in [-0.4, -0.2) is 63.7 Å². The summed E-state index contributed by atoms with van der Waals surface area (Å²) in [5, 5.41) is 37.7. The van der Waals surface area contributed by atoms with Gasteiger partial charge in [-0.1, -0.05) is 6.58 Å². The fourth-order valence-corrected chi connectivity index (χ4v) is 1.72. The quantitative estimate of drug-likeness (QED) is 0.344. The van der Waals surface area contributed by atoms with Crippen molar-refractivity contribution >= 4 is 5.97 Å². The predicted molar refractivity (Wildman–Crippen MR) is 59.3 cm³/mol. The van der Waals surface area contributed by atoms with Gasteiger partial charge in [0.15, 0.2) is 0 Å². The first-order chi connectivity index (χ1) is 8.35. The molecule has 1 unspecified atom stereocenters. The van der Waals surface area contributed by atoms with Crippen LogP contribution >= 0.6 is 0 Å². The average molecular weight is 262 g/mol. The van der Waals surface area contributed by atoms with E-state index in [1.807, 2.05) is 0 Å². The first-order valence-corrected chi connectivity index (χ1v) is 5.57. The summed E-state index contributed by atoms with van der Waals surface area (Å²) in [6, 6.07) is 0. The molecule has 4 N–H and O–H groups in total. The summed E-state index contributed by atoms with van der Waals surface area (Å²) in [5.74, 6) is -2.86. The zero-order chi connectivity index (χ0) is 13.9. The van der Waals surface area contributed by atoms with E-state index >= 15 is 0 Å². The molecule has 7 heteroatoms. The van der Waals surface area contributed by atoms with E-state index in [0.29, 0.717) is 0 Å². The van der Waals surface area contributed by atoms with Crippen LogP contribution in [0.1, 0.15) is 13.3 Å². The average Bonchev–Trinajstić information content (AvgIpc) is 2.55. The molecular weight excluding hydrogens is 244 g/mol. The van der Waals surface area contributed by atoms with Crippen LogP contribution in [0.25, 0.3) is 0 Å². The lowest BCUT2D eigenvalue weighted by atomic mass is 10.0. The van der Waals surface area contributed by atoms with Gasteiger partial charge in [0.1, 0.15) is 12.2 Å². The monoisotopic (exact) mass is 262 g/mol. The molecule has 4 atom stereocenters. The SMILES string of the molecule is C=C(C[C@H]1OC(O)(CO)[C@@H](O)[C@@H]1O)C(=O)OCC. The zero-order valence-electron chi connectivity index (χ0n) is 10.1. The van der Waals surface area contributed by atoms with Crippen LogP contribution in [0.4, 0.5) is 0 Å². The Morgan fingerprint density at radius 3 is 2.56 bits per heavy atom. The van der Waals surface area contributed by atoms with Crippen LogP contribution in [0.15, 0.2) is 12.2 Å². The lowest BCUT2D eigenvalue weighted by molar-refractivity contribution is -0.245. The van der Waals surface area contributed by atoms with Crippen LogP contribution in [0, 0.1) is 0 Å². The Hall–Kier alpha value is -0.990. The van der Waals surface area contributed by atoms with Crippen LogP contribution in [0.3, 0.4) is 0 Å². The minimum absolute atomic E-state index is 0.0512. The number of carbonyl (C=O) groups excluding carboxylic acids is 1. The number of hydrogen-bond acceptors (Lipinski definition) is 7. The van der Waals surface area contributed by atoms with Crippen molar-refractivity contribution < 1.29 is 34.7 Å². The van der Waals surface area contributed by atoms with E-state index < -0.39 is 36.7 Å². The first kappa shape index (κ1) is 15.1. The normalized spacial score (nSPS) is 35.5. The second-order valence-electron chi connectivity index (χ2n) is 4.12. The number of rotatable bonds is 5. The molecule has 104 valence electrons. The third-order valence-electron chi connectivity index (χ3n) is 2.76. The Morgan fingerprint density at radius 2 is 2.11 bits per heavy atom. The van der Waals surface area contributed by atoms with E-state index in [1.54, 1.807) is 6.92 Å². The lowest BCUT2D eigenvalue weighted by Gasteiger charge is -2.22. The van der Waals surface area contributed by atoms with Gasteiger partial charge in [0.2, 0.25) is 5.79 Å². The van der Waals surface area contributed by atoms with Crippen molar-refractivity contribution in [1.82, 2.24) is 0 Å². The summed E-state index contributed by atoms with van der Waals surface area (Å²) in [4.78, 5) is 11.3. The molecule has 7 nitrogen and oxygen atoms in total. The van der Waals surface area contributed by atoms with Gasteiger partial charge in [-0.2, -0.15) is 0 Å². The highest BCUT2D eigenvalue weighted by Crippen LogP contribution is 2.31. The Labute approximate surface area is 104 Å². The Morgan fingerprint density at radius 1 is 1.50 bits per heavy atom. The standard InChI is InChI=1S/C11H18O7/c1-3-17-10(15)6(2)4-7-8(13)9(14)11(16,5-12)18-7/h7-9,12-14,16H,2-5H2,1H3/t7-,8-,9+,11?/m1/s1. The maximum Gasteiger partial charge on any atom is 0.333 e. The molecule has 0 spiro atoms. The molecule has 1 fully saturated rings. The Bertz CT molecular complexity index is 329. The third-order valence-corrected chi connectivity index (χ3v) is 2.76. The van der Waals surface area contributed by atoms with Crippen LogP contribution < -0.4 is 0 Å². The molecule has 18 heavy (non-hydrogen) atoms. The van der Waals surface area contributed by atoms with Crippen molar-refractivity contribution in [3.8, 4) is 0 Å². The van der Waals surface area contributed by atoms with E-state index in [2.05, 4.69) is 6.58 Å². The largest absolute Gasteiger partial charge is 0.463 e. The third kappa shape index (κ3) is 2.88. The lowest BCUT2D eigenvalue weighted by Crippen LogP contribution is -2.46. The van der Waals surface area contributed by atoms with Crippen LogP contribution in [-0.2, 0) is 14.3 Å². The highest BCUT2D eigenvalue weighted by atomic mass is 16.7. The summed E-state index contributed by atoms with van der Waals surface area (Å²) < 4.78 is 9.66. The molecule has 0 amide bonds. The van der Waals surface area contributed by atoms with Gasteiger partial charge in [-0.15, -0.1) is 0 Å². The highest BCUT2D eigenvalue weighted by Gasteiger charge is 2.53. The maximum absolute atomic E-state index is 11.3. The minimum atomic E-state index is -2.22. The van der Waals surface area contributed by atoms with Gasteiger partial charge in [0.25, 0.3) is 0 Å². The summed E-state index contributed by atoms with van der Waals surface area (Å²) in [6.45, 7) is 4.44. The molecule has 1 aliphatic heterocycles. The molecule has 1 saturated heterocycles. The fraction of sp³-hybridized carbons (Fsp3) is 0.727. The van der Waals surface area contributed by atoms with Gasteiger partial charge < -0.3 is 29.9 Å². The number of aliphatic hydroxyl groups excluding tert-OH is 3. The van der Waals surface area contributed by atoms with Crippen molar-refractivity contribution in [1.29, 1.82) is 0 Å². The summed E-state index contributed by atoms with van der Waals surface area (Å²) >= 11 is 0. The number of ether oxygens (including phenoxy) is 2. The fourth-order valence-electron chi connectivity index (χ4n) is 1.72. The number of carbonyl (C=O) groups is 1. The summed E-state index contributed by atoms with van der Waals surface area (Å²) in [6.07, 6.45) is -4.22. The van der Waals surface area contributed by atoms with Gasteiger partial charge in [-0.25, -0.2) is 4.79 Å². The van der Waals surface area contributed by atoms with Gasteiger partial charge in [-0.3, -0.25) is 0 Å². The van der Waals surface area contributed by atoms with Crippen molar-refractivity contribution in [2.75, 3.05) is 13.2 Å². The van der Waals surface area contributed by atoms with Gasteiger partial charge >= 0.3 is 5.97 Å². The molecular formula is C11H18O7. The molecule has 1 heterocycles. The Kier molecular flexibility index (Phi) is 4.83.